The molecule has 0 radical (unpaired) electrons. The minimum Gasteiger partial charge on any atom is -0.391 e. The van der Waals surface area contributed by atoms with E-state index in [1.54, 1.807) is 6.92 Å². The van der Waals surface area contributed by atoms with E-state index in [4.69, 9.17) is 15.6 Å². The molecule has 0 saturated carbocycles. The topological polar surface area (TPSA) is 55.5 Å². The second-order valence-electron chi connectivity index (χ2n) is 1.71. The molecule has 0 rings (SSSR count). The van der Waals surface area contributed by atoms with E-state index in [-0.39, 0.29) is 18.5 Å². The Morgan fingerprint density at radius 1 is 1.67 bits per heavy atom. The molecule has 3 N–H and O–H groups in total. The van der Waals surface area contributed by atoms with Gasteiger partial charge in [-0.15, -0.1) is 12.4 Å². The van der Waals surface area contributed by atoms with E-state index in [9.17, 15) is 0 Å². The summed E-state index contributed by atoms with van der Waals surface area (Å²) in [5.41, 5.74) is 5.11. The monoisotopic (exact) mass is 155 g/mol. The normalized spacial score (nSPS) is 12.3. The van der Waals surface area contributed by atoms with Gasteiger partial charge in [-0.25, -0.2) is 0 Å². The van der Waals surface area contributed by atoms with Gasteiger partial charge in [-0.1, -0.05) is 0 Å². The maximum atomic E-state index is 8.61. The van der Waals surface area contributed by atoms with Crippen molar-refractivity contribution in [2.45, 2.75) is 13.0 Å². The average Bonchev–Trinajstić information content (AvgIpc) is 1.66. The van der Waals surface area contributed by atoms with Crippen LogP contribution in [-0.4, -0.2) is 31.0 Å². The Bertz CT molecular complexity index is 52.2. The Hall–Kier alpha value is 0.170. The molecule has 58 valence electrons. The molecule has 0 aliphatic heterocycles. The summed E-state index contributed by atoms with van der Waals surface area (Å²) in [6.45, 7) is 3.12. The summed E-state index contributed by atoms with van der Waals surface area (Å²) in [6.07, 6.45) is -0.374. The lowest BCUT2D eigenvalue weighted by Crippen LogP contribution is -2.15. The Balaban J connectivity index is 0. The van der Waals surface area contributed by atoms with E-state index < -0.39 is 0 Å². The summed E-state index contributed by atoms with van der Waals surface area (Å²) >= 11 is 0. The molecule has 0 saturated heterocycles. The summed E-state index contributed by atoms with van der Waals surface area (Å²) in [6, 6.07) is 0. The van der Waals surface area contributed by atoms with Gasteiger partial charge in [-0.2, -0.15) is 0 Å². The molecule has 0 spiro atoms. The highest BCUT2D eigenvalue weighted by atomic mass is 35.5. The van der Waals surface area contributed by atoms with E-state index in [0.29, 0.717) is 19.8 Å². The van der Waals surface area contributed by atoms with Crippen LogP contribution in [0.5, 0.6) is 0 Å². The molecule has 0 heterocycles. The molecule has 3 nitrogen and oxygen atoms in total. The van der Waals surface area contributed by atoms with Crippen molar-refractivity contribution in [2.24, 2.45) is 5.73 Å². The number of aliphatic hydroxyl groups is 1. The third-order valence-electron chi connectivity index (χ3n) is 0.621. The molecule has 0 aliphatic rings. The van der Waals surface area contributed by atoms with Gasteiger partial charge < -0.3 is 15.6 Å². The fourth-order valence-electron chi connectivity index (χ4n) is 0.337. The van der Waals surface area contributed by atoms with Crippen LogP contribution in [-0.2, 0) is 4.74 Å². The Morgan fingerprint density at radius 2 is 2.22 bits per heavy atom. The third kappa shape index (κ3) is 11.6. The van der Waals surface area contributed by atoms with Crippen LogP contribution in [0, 0.1) is 0 Å². The standard InChI is InChI=1S/C5H13NO2.ClH/c1-5(7)4-8-3-2-6;/h5,7H,2-4,6H2,1H3;1H. The molecule has 0 aromatic rings. The Morgan fingerprint density at radius 3 is 2.56 bits per heavy atom. The molecule has 0 aromatic heterocycles. The summed E-state index contributed by atoms with van der Waals surface area (Å²) in [5, 5.41) is 8.61. The first-order valence-corrected chi connectivity index (χ1v) is 2.73. The van der Waals surface area contributed by atoms with E-state index in [0.717, 1.165) is 0 Å². The summed E-state index contributed by atoms with van der Waals surface area (Å²) in [4.78, 5) is 0. The van der Waals surface area contributed by atoms with Gasteiger partial charge >= 0.3 is 0 Å². The number of nitrogens with two attached hydrogens (primary N) is 1. The lowest BCUT2D eigenvalue weighted by atomic mass is 10.4. The minimum absolute atomic E-state index is 0. The highest BCUT2D eigenvalue weighted by Crippen LogP contribution is 1.79. The van der Waals surface area contributed by atoms with Crippen molar-refractivity contribution >= 4 is 12.4 Å². The quantitative estimate of drug-likeness (QED) is 0.552. The zero-order valence-corrected chi connectivity index (χ0v) is 6.36. The maximum Gasteiger partial charge on any atom is 0.0745 e. The van der Waals surface area contributed by atoms with Gasteiger partial charge in [-0.05, 0) is 6.92 Å². The van der Waals surface area contributed by atoms with Gasteiger partial charge in [0, 0.05) is 6.54 Å². The van der Waals surface area contributed by atoms with E-state index in [2.05, 4.69) is 0 Å². The SMILES string of the molecule is CC(O)COCCN.Cl. The highest BCUT2D eigenvalue weighted by molar-refractivity contribution is 5.85. The van der Waals surface area contributed by atoms with Gasteiger partial charge in [0.25, 0.3) is 0 Å². The number of halogens is 1. The molecule has 0 fully saturated rings. The zero-order chi connectivity index (χ0) is 6.41. The van der Waals surface area contributed by atoms with Gasteiger partial charge in [0.2, 0.25) is 0 Å². The lowest BCUT2D eigenvalue weighted by molar-refractivity contribution is 0.0500. The molecule has 1 atom stereocenters. The summed E-state index contributed by atoms with van der Waals surface area (Å²) < 4.78 is 4.87. The molecule has 9 heavy (non-hydrogen) atoms. The van der Waals surface area contributed by atoms with E-state index in [1.165, 1.54) is 0 Å². The second kappa shape index (κ2) is 8.17. The second-order valence-corrected chi connectivity index (χ2v) is 1.71. The lowest BCUT2D eigenvalue weighted by Gasteiger charge is -2.02. The Labute approximate surface area is 61.6 Å². The van der Waals surface area contributed by atoms with Crippen molar-refractivity contribution in [3.63, 3.8) is 0 Å². The fourth-order valence-corrected chi connectivity index (χ4v) is 0.337. The van der Waals surface area contributed by atoms with E-state index >= 15 is 0 Å². The van der Waals surface area contributed by atoms with Crippen molar-refractivity contribution < 1.29 is 9.84 Å². The molecular weight excluding hydrogens is 142 g/mol. The van der Waals surface area contributed by atoms with Crippen LogP contribution < -0.4 is 5.73 Å². The number of hydrogen-bond acceptors (Lipinski definition) is 3. The van der Waals surface area contributed by atoms with Crippen molar-refractivity contribution in [3.05, 3.63) is 0 Å². The summed E-state index contributed by atoms with van der Waals surface area (Å²) in [5.74, 6) is 0. The van der Waals surface area contributed by atoms with Gasteiger partial charge in [0.05, 0.1) is 19.3 Å². The number of ether oxygens (including phenoxy) is 1. The van der Waals surface area contributed by atoms with Crippen LogP contribution in [0.2, 0.25) is 0 Å². The third-order valence-corrected chi connectivity index (χ3v) is 0.621. The molecule has 4 heteroatoms. The first-order chi connectivity index (χ1) is 3.77. The summed E-state index contributed by atoms with van der Waals surface area (Å²) in [7, 11) is 0. The van der Waals surface area contributed by atoms with Gasteiger partial charge in [0.15, 0.2) is 0 Å². The molecule has 0 aromatic carbocycles. The van der Waals surface area contributed by atoms with Crippen molar-refractivity contribution in [2.75, 3.05) is 19.8 Å². The number of hydrogen-bond donors (Lipinski definition) is 2. The first kappa shape index (κ1) is 11.9. The molecule has 0 aliphatic carbocycles. The van der Waals surface area contributed by atoms with Crippen LogP contribution in [0.4, 0.5) is 0 Å². The average molecular weight is 156 g/mol. The van der Waals surface area contributed by atoms with Crippen molar-refractivity contribution in [1.29, 1.82) is 0 Å². The molecule has 1 unspecified atom stereocenters. The first-order valence-electron chi connectivity index (χ1n) is 2.73. The van der Waals surface area contributed by atoms with Gasteiger partial charge in [0.1, 0.15) is 0 Å². The molecule has 0 bridgehead atoms. The predicted molar refractivity (Wildman–Crippen MR) is 38.8 cm³/mol. The fraction of sp³-hybridized carbons (Fsp3) is 1.00. The predicted octanol–water partition coefficient (Wildman–Crippen LogP) is -0.236. The van der Waals surface area contributed by atoms with E-state index in [1.807, 2.05) is 0 Å². The van der Waals surface area contributed by atoms with Crippen LogP contribution in [0.1, 0.15) is 6.92 Å². The van der Waals surface area contributed by atoms with Crippen molar-refractivity contribution in [1.82, 2.24) is 0 Å². The maximum absolute atomic E-state index is 8.61. The van der Waals surface area contributed by atoms with Crippen LogP contribution >= 0.6 is 12.4 Å². The number of rotatable bonds is 4. The largest absolute Gasteiger partial charge is 0.391 e. The highest BCUT2D eigenvalue weighted by Gasteiger charge is 1.91. The molecular formula is C5H14ClNO2. The van der Waals surface area contributed by atoms with Crippen LogP contribution in [0.25, 0.3) is 0 Å². The molecule has 0 amide bonds. The number of aliphatic hydroxyl groups excluding tert-OH is 1. The van der Waals surface area contributed by atoms with Crippen LogP contribution in [0.3, 0.4) is 0 Å². The Kier molecular flexibility index (Phi) is 10.8. The van der Waals surface area contributed by atoms with Crippen molar-refractivity contribution in [3.8, 4) is 0 Å². The minimum atomic E-state index is -0.374. The van der Waals surface area contributed by atoms with Crippen LogP contribution in [0.15, 0.2) is 0 Å². The van der Waals surface area contributed by atoms with Gasteiger partial charge in [-0.3, -0.25) is 0 Å². The smallest absolute Gasteiger partial charge is 0.0745 e. The zero-order valence-electron chi connectivity index (χ0n) is 5.54.